The van der Waals surface area contributed by atoms with E-state index in [4.69, 9.17) is 10.6 Å². The van der Waals surface area contributed by atoms with Crippen molar-refractivity contribution in [2.45, 2.75) is 96.1 Å². The Bertz CT molecular complexity index is 3520. The number of nitrogens with zero attached hydrogens (tertiary/aromatic N) is 1. The number of carbonyl (C=O) groups is 1. The number of fused-ring (bicyclic) bond motifs is 4. The largest absolute Gasteiger partial charge is 0.385 e. The van der Waals surface area contributed by atoms with Crippen LogP contribution in [0.5, 0.6) is 0 Å². The molecule has 0 radical (unpaired) electrons. The van der Waals surface area contributed by atoms with Gasteiger partial charge in [0.05, 0.1) is 15.5 Å². The molecule has 0 fully saturated rings. The fraction of sp³-hybridized carbons (Fsp3) is 0.340. The van der Waals surface area contributed by atoms with Crippen molar-refractivity contribution in [2.24, 2.45) is 5.84 Å². The number of ether oxygens (including phenoxy) is 1. The van der Waals surface area contributed by atoms with E-state index in [0.717, 1.165) is 12.1 Å². The van der Waals surface area contributed by atoms with E-state index in [0.29, 0.717) is 71.6 Å². The average molecular weight is 1100 g/mol. The molecule has 2 unspecified atom stereocenters. The van der Waals surface area contributed by atoms with Crippen molar-refractivity contribution in [1.82, 2.24) is 5.43 Å². The maximum absolute atomic E-state index is 12.7. The van der Waals surface area contributed by atoms with Gasteiger partial charge in [-0.05, 0) is 115 Å². The summed E-state index contributed by atoms with van der Waals surface area (Å²) in [5.74, 6) is 4.25. The number of rotatable bonds is 23. The van der Waals surface area contributed by atoms with Crippen LogP contribution in [0.15, 0.2) is 128 Å². The van der Waals surface area contributed by atoms with Gasteiger partial charge in [0.1, 0.15) is 9.79 Å². The summed E-state index contributed by atoms with van der Waals surface area (Å²) in [6, 6.07) is 9.48. The number of amides is 1. The molecule has 0 aromatic heterocycles. The molecule has 0 aliphatic carbocycles. The lowest BCUT2D eigenvalue weighted by Crippen LogP contribution is -2.31. The van der Waals surface area contributed by atoms with Gasteiger partial charge in [-0.2, -0.15) is 42.1 Å². The van der Waals surface area contributed by atoms with Crippen LogP contribution in [0.1, 0.15) is 75.5 Å². The van der Waals surface area contributed by atoms with Crippen LogP contribution < -0.4 is 16.2 Å². The van der Waals surface area contributed by atoms with Gasteiger partial charge in [0.25, 0.3) is 50.6 Å². The van der Waals surface area contributed by atoms with E-state index in [9.17, 15) is 69.6 Å². The molecule has 72 heavy (non-hydrogen) atoms. The van der Waals surface area contributed by atoms with Crippen molar-refractivity contribution in [3.05, 3.63) is 126 Å². The van der Waals surface area contributed by atoms with Crippen LogP contribution in [0.25, 0.3) is 21.5 Å². The van der Waals surface area contributed by atoms with Crippen molar-refractivity contribution in [2.75, 3.05) is 30.9 Å². The highest BCUT2D eigenvalue weighted by atomic mass is 32.2. The second kappa shape index (κ2) is 22.1. The zero-order valence-corrected chi connectivity index (χ0v) is 43.7. The molecule has 5 rings (SSSR count). The van der Waals surface area contributed by atoms with Gasteiger partial charge < -0.3 is 9.64 Å². The van der Waals surface area contributed by atoms with Gasteiger partial charge >= 0.3 is 0 Å². The van der Waals surface area contributed by atoms with E-state index in [2.05, 4.69) is 12.0 Å². The monoisotopic (exact) mass is 1100 g/mol. The first-order valence-corrected chi connectivity index (χ1v) is 29.4. The highest BCUT2D eigenvalue weighted by Crippen LogP contribution is 2.54. The SMILES string of the molecule is C=C(/C=C/C=C/C=C/C=C1/N(CCCCCC(=O)NN)c2ccc3c(S(=O)(=O)O)cc(S(=O)(=O)O)cc3c2C1(C)CCOC)C(C)(CCCS(=O)(=O)O)c1c(C)ccc2c(S(=O)(=O)O)cc(S(=O)(=O)O)cc12. The molecule has 1 amide bonds. The van der Waals surface area contributed by atoms with E-state index >= 15 is 0 Å². The molecule has 0 saturated heterocycles. The number of hydrogen-bond donors (Lipinski definition) is 7. The zero-order valence-electron chi connectivity index (χ0n) is 39.6. The van der Waals surface area contributed by atoms with Crippen molar-refractivity contribution in [3.63, 3.8) is 0 Å². The van der Waals surface area contributed by atoms with E-state index < -0.39 is 86.8 Å². The Morgan fingerprint density at radius 3 is 1.86 bits per heavy atom. The molecular formula is C47H57N3O17S5. The molecule has 4 aromatic carbocycles. The lowest BCUT2D eigenvalue weighted by Gasteiger charge is -2.34. The number of hydrazine groups is 1. The summed E-state index contributed by atoms with van der Waals surface area (Å²) in [4.78, 5) is 10.7. The van der Waals surface area contributed by atoms with E-state index in [1.54, 1.807) is 56.4 Å². The van der Waals surface area contributed by atoms with Crippen molar-refractivity contribution >= 4 is 83.7 Å². The summed E-state index contributed by atoms with van der Waals surface area (Å²) in [7, 11) is -23.0. The quantitative estimate of drug-likeness (QED) is 0.0102. The van der Waals surface area contributed by atoms with Gasteiger partial charge in [-0.15, -0.1) is 0 Å². The van der Waals surface area contributed by atoms with Gasteiger partial charge in [-0.1, -0.05) is 74.6 Å². The van der Waals surface area contributed by atoms with Crippen molar-refractivity contribution < 1.29 is 74.4 Å². The standard InChI is InChI=1S/C47H57N3O17S5/c1-31-18-19-35-37(27-33(69(55,56)57)29-40(35)71(61,62)63)44(31)46(3,22-14-26-68(52,53)54)32(2)15-10-7-6-8-11-16-42-47(4,23-25-67-5)45-38-28-34(70(58,59)60)30-41(72(64,65)66)36(38)20-21-39(45)50(42)24-13-9-12-17-43(51)49-48/h6-8,10-11,15-16,18-21,27-30H,2,9,12-14,17,22-26,48H2,1,3-5H3,(H,49,51)(H,52,53,54)(H,55,56,57)(H,58,59,60)(H,61,62,63)(H,64,65,66)/b7-6+,11-8+,15-10+,42-16+. The molecular weight excluding hydrogens is 1040 g/mol. The second-order valence-electron chi connectivity index (χ2n) is 17.7. The molecule has 0 spiro atoms. The smallest absolute Gasteiger partial charge is 0.295 e. The third kappa shape index (κ3) is 13.1. The summed E-state index contributed by atoms with van der Waals surface area (Å²) in [5, 5.41) is 0.0418. The van der Waals surface area contributed by atoms with Gasteiger partial charge in [0.15, 0.2) is 0 Å². The number of nitrogens with two attached hydrogens (primary N) is 1. The first kappa shape index (κ1) is 57.7. The Hall–Kier alpha value is -5.16. The first-order chi connectivity index (χ1) is 33.3. The Morgan fingerprint density at radius 2 is 1.31 bits per heavy atom. The Labute approximate surface area is 419 Å². The molecule has 1 heterocycles. The van der Waals surface area contributed by atoms with Gasteiger partial charge in [-0.3, -0.25) is 33.0 Å². The number of allylic oxidation sites excluding steroid dienone is 9. The molecule has 20 nitrogen and oxygen atoms in total. The Balaban J connectivity index is 1.60. The number of nitrogens with one attached hydrogen (secondary N) is 1. The van der Waals surface area contributed by atoms with Gasteiger partial charge in [0.2, 0.25) is 5.91 Å². The number of anilines is 1. The maximum atomic E-state index is 12.7. The van der Waals surface area contributed by atoms with Crippen LogP contribution in [0.3, 0.4) is 0 Å². The average Bonchev–Trinajstić information content (AvgIpc) is 3.51. The molecule has 1 aliphatic heterocycles. The minimum atomic E-state index is -5.06. The van der Waals surface area contributed by atoms with Gasteiger partial charge in [0, 0.05) is 59.7 Å². The Kier molecular flexibility index (Phi) is 17.7. The minimum Gasteiger partial charge on any atom is -0.385 e. The number of carbonyl (C=O) groups excluding carboxylic acids is 1. The van der Waals surface area contributed by atoms with E-state index in [1.165, 1.54) is 25.3 Å². The van der Waals surface area contributed by atoms with Crippen LogP contribution in [0, 0.1) is 6.92 Å². The van der Waals surface area contributed by atoms with Crippen molar-refractivity contribution in [3.8, 4) is 0 Å². The highest BCUT2D eigenvalue weighted by Gasteiger charge is 2.45. The molecule has 392 valence electrons. The fourth-order valence-corrected chi connectivity index (χ4v) is 12.5. The third-order valence-electron chi connectivity index (χ3n) is 12.8. The number of benzene rings is 4. The number of hydrogen-bond acceptors (Lipinski definition) is 14. The first-order valence-electron chi connectivity index (χ1n) is 22.0. The van der Waals surface area contributed by atoms with E-state index in [-0.39, 0.29) is 59.7 Å². The van der Waals surface area contributed by atoms with Crippen LogP contribution in [0.4, 0.5) is 5.69 Å². The molecule has 0 saturated carbocycles. The molecule has 4 aromatic rings. The molecule has 8 N–H and O–H groups in total. The normalized spacial score (nSPS) is 17.5. The number of aryl methyl sites for hydroxylation is 1. The molecule has 25 heteroatoms. The van der Waals surface area contributed by atoms with Crippen LogP contribution >= 0.6 is 0 Å². The maximum Gasteiger partial charge on any atom is 0.295 e. The van der Waals surface area contributed by atoms with Crippen LogP contribution in [-0.2, 0) is 71.0 Å². The van der Waals surface area contributed by atoms with Crippen molar-refractivity contribution in [1.29, 1.82) is 0 Å². The summed E-state index contributed by atoms with van der Waals surface area (Å²) < 4.78 is 179. The zero-order chi connectivity index (χ0) is 53.8. The van der Waals surface area contributed by atoms with Gasteiger partial charge in [-0.25, -0.2) is 5.84 Å². The molecule has 1 aliphatic rings. The lowest BCUT2D eigenvalue weighted by atomic mass is 9.70. The molecule has 0 bridgehead atoms. The predicted octanol–water partition coefficient (Wildman–Crippen LogP) is 6.69. The van der Waals surface area contributed by atoms with E-state index in [1.807, 2.05) is 17.9 Å². The predicted molar refractivity (Wildman–Crippen MR) is 272 cm³/mol. The summed E-state index contributed by atoms with van der Waals surface area (Å²) in [6.45, 7) is 9.97. The van der Waals surface area contributed by atoms with Crippen LogP contribution in [0.2, 0.25) is 0 Å². The molecule has 2 atom stereocenters. The summed E-state index contributed by atoms with van der Waals surface area (Å²) in [5.41, 5.74) is 2.65. The number of methoxy groups -OCH3 is 1. The minimum absolute atomic E-state index is 0.00138. The highest BCUT2D eigenvalue weighted by molar-refractivity contribution is 7.87. The summed E-state index contributed by atoms with van der Waals surface area (Å²) >= 11 is 0. The fourth-order valence-electron chi connectivity index (χ4n) is 9.29. The Morgan fingerprint density at radius 1 is 0.750 bits per heavy atom. The van der Waals surface area contributed by atoms with Crippen LogP contribution in [-0.4, -0.2) is 96.8 Å². The second-order valence-corrected chi connectivity index (χ2v) is 24.9. The summed E-state index contributed by atoms with van der Waals surface area (Å²) in [6.07, 6.45) is 13.7. The number of unbranched alkanes of at least 4 members (excludes halogenated alkanes) is 2. The lowest BCUT2D eigenvalue weighted by molar-refractivity contribution is -0.121. The third-order valence-corrected chi connectivity index (χ3v) is 17.0. The topological polar surface area (TPSA) is 339 Å².